The van der Waals surface area contributed by atoms with Crippen LogP contribution in [0.3, 0.4) is 0 Å². The van der Waals surface area contributed by atoms with Crippen molar-refractivity contribution in [2.24, 2.45) is 28.2 Å². The van der Waals surface area contributed by atoms with E-state index in [0.717, 1.165) is 6.54 Å². The predicted octanol–water partition coefficient (Wildman–Crippen LogP) is 0.0708. The SMILES string of the molecule is CC1(C)C(CNCC(N)C(N)=O)C1(C)C. The topological polar surface area (TPSA) is 81.1 Å². The number of carbonyl (C=O) groups is 1. The van der Waals surface area contributed by atoms with Gasteiger partial charge in [-0.2, -0.15) is 0 Å². The van der Waals surface area contributed by atoms with Crippen molar-refractivity contribution in [3.8, 4) is 0 Å². The summed E-state index contributed by atoms with van der Waals surface area (Å²) in [6.07, 6.45) is 0. The van der Waals surface area contributed by atoms with Gasteiger partial charge in [0.15, 0.2) is 0 Å². The Balaban J connectivity index is 2.27. The maximum absolute atomic E-state index is 10.7. The van der Waals surface area contributed by atoms with Crippen LogP contribution in [0.1, 0.15) is 27.7 Å². The fraction of sp³-hybridized carbons (Fsp3) is 0.909. The van der Waals surface area contributed by atoms with Gasteiger partial charge in [0.25, 0.3) is 0 Å². The zero-order valence-electron chi connectivity index (χ0n) is 10.1. The molecule has 5 N–H and O–H groups in total. The first-order valence-corrected chi connectivity index (χ1v) is 5.47. The second-order valence-electron chi connectivity index (χ2n) is 5.66. The highest BCUT2D eigenvalue weighted by atomic mass is 16.1. The summed E-state index contributed by atoms with van der Waals surface area (Å²) in [5.74, 6) is 0.196. The van der Waals surface area contributed by atoms with Crippen molar-refractivity contribution in [3.05, 3.63) is 0 Å². The van der Waals surface area contributed by atoms with Crippen LogP contribution in [0, 0.1) is 16.7 Å². The van der Waals surface area contributed by atoms with Crippen LogP contribution in [0.4, 0.5) is 0 Å². The van der Waals surface area contributed by atoms with Crippen molar-refractivity contribution in [1.29, 1.82) is 0 Å². The smallest absolute Gasteiger partial charge is 0.235 e. The second kappa shape index (κ2) is 3.76. The minimum atomic E-state index is -0.574. The molecule has 1 unspecified atom stereocenters. The van der Waals surface area contributed by atoms with Crippen LogP contribution in [-0.4, -0.2) is 25.0 Å². The number of carbonyl (C=O) groups excluding carboxylic acids is 1. The zero-order chi connectivity index (χ0) is 11.9. The van der Waals surface area contributed by atoms with E-state index < -0.39 is 11.9 Å². The molecule has 0 aromatic heterocycles. The lowest BCUT2D eigenvalue weighted by Gasteiger charge is -2.09. The standard InChI is InChI=1S/C11H23N3O/c1-10(2)8(11(10,3)4)6-14-5-7(12)9(13)15/h7-8,14H,5-6,12H2,1-4H3,(H2,13,15). The molecule has 0 spiro atoms. The first-order chi connectivity index (χ1) is 6.71. The highest BCUT2D eigenvalue weighted by Crippen LogP contribution is 2.67. The Hall–Kier alpha value is -0.610. The van der Waals surface area contributed by atoms with E-state index in [4.69, 9.17) is 11.5 Å². The fourth-order valence-corrected chi connectivity index (χ4v) is 2.33. The van der Waals surface area contributed by atoms with Gasteiger partial charge in [-0.15, -0.1) is 0 Å². The van der Waals surface area contributed by atoms with Crippen molar-refractivity contribution in [1.82, 2.24) is 5.32 Å². The third kappa shape index (κ3) is 2.16. The largest absolute Gasteiger partial charge is 0.368 e. The van der Waals surface area contributed by atoms with E-state index in [-0.39, 0.29) is 0 Å². The molecule has 0 bridgehead atoms. The van der Waals surface area contributed by atoms with Gasteiger partial charge in [-0.3, -0.25) is 4.79 Å². The molecule has 1 aliphatic rings. The van der Waals surface area contributed by atoms with Gasteiger partial charge >= 0.3 is 0 Å². The van der Waals surface area contributed by atoms with Crippen LogP contribution in [0.5, 0.6) is 0 Å². The van der Waals surface area contributed by atoms with Crippen LogP contribution >= 0.6 is 0 Å². The minimum Gasteiger partial charge on any atom is -0.368 e. The Labute approximate surface area is 91.8 Å². The Morgan fingerprint density at radius 3 is 2.13 bits per heavy atom. The second-order valence-corrected chi connectivity index (χ2v) is 5.66. The van der Waals surface area contributed by atoms with E-state index in [1.807, 2.05) is 0 Å². The average molecular weight is 213 g/mol. The number of nitrogens with one attached hydrogen (secondary N) is 1. The summed E-state index contributed by atoms with van der Waals surface area (Å²) in [5, 5.41) is 3.21. The lowest BCUT2D eigenvalue weighted by Crippen LogP contribution is -2.44. The van der Waals surface area contributed by atoms with Crippen molar-refractivity contribution in [3.63, 3.8) is 0 Å². The van der Waals surface area contributed by atoms with E-state index in [2.05, 4.69) is 33.0 Å². The molecule has 0 heterocycles. The summed E-state index contributed by atoms with van der Waals surface area (Å²) < 4.78 is 0. The first-order valence-electron chi connectivity index (χ1n) is 5.47. The third-order valence-electron chi connectivity index (χ3n) is 4.40. The van der Waals surface area contributed by atoms with Gasteiger partial charge in [-0.25, -0.2) is 0 Å². The molecule has 1 atom stereocenters. The van der Waals surface area contributed by atoms with Gasteiger partial charge in [0.1, 0.15) is 0 Å². The van der Waals surface area contributed by atoms with E-state index >= 15 is 0 Å². The normalized spacial score (nSPS) is 24.9. The first kappa shape index (κ1) is 12.5. The predicted molar refractivity (Wildman–Crippen MR) is 61.1 cm³/mol. The lowest BCUT2D eigenvalue weighted by molar-refractivity contribution is -0.119. The number of amides is 1. The molecule has 1 fully saturated rings. The molecule has 0 radical (unpaired) electrons. The zero-order valence-corrected chi connectivity index (χ0v) is 10.1. The highest BCUT2D eigenvalue weighted by Gasteiger charge is 2.63. The molecule has 1 rings (SSSR count). The summed E-state index contributed by atoms with van der Waals surface area (Å²) in [6.45, 7) is 10.5. The molecule has 0 aliphatic heterocycles. The summed E-state index contributed by atoms with van der Waals surface area (Å²) in [4.78, 5) is 10.7. The number of nitrogens with two attached hydrogens (primary N) is 2. The summed E-state index contributed by atoms with van der Waals surface area (Å²) in [6, 6.07) is -0.574. The Kier molecular flexibility index (Phi) is 3.12. The molecule has 0 aromatic carbocycles. The average Bonchev–Trinajstić information content (AvgIpc) is 2.46. The molecule has 88 valence electrons. The minimum absolute atomic E-state index is 0.372. The van der Waals surface area contributed by atoms with Gasteiger partial charge in [0.2, 0.25) is 5.91 Å². The maximum atomic E-state index is 10.7. The quantitative estimate of drug-likeness (QED) is 0.604. The third-order valence-corrected chi connectivity index (χ3v) is 4.40. The molecule has 1 aliphatic carbocycles. The van der Waals surface area contributed by atoms with Crippen molar-refractivity contribution in [2.45, 2.75) is 33.7 Å². The van der Waals surface area contributed by atoms with Crippen molar-refractivity contribution >= 4 is 5.91 Å². The van der Waals surface area contributed by atoms with E-state index in [9.17, 15) is 4.79 Å². The molecular weight excluding hydrogens is 190 g/mol. The Bertz CT molecular complexity index is 247. The molecular formula is C11H23N3O. The van der Waals surface area contributed by atoms with Crippen molar-refractivity contribution < 1.29 is 4.79 Å². The van der Waals surface area contributed by atoms with E-state index in [0.29, 0.717) is 23.3 Å². The van der Waals surface area contributed by atoms with Crippen LogP contribution in [0.15, 0.2) is 0 Å². The highest BCUT2D eigenvalue weighted by molar-refractivity contribution is 5.79. The van der Waals surface area contributed by atoms with Crippen LogP contribution < -0.4 is 16.8 Å². The van der Waals surface area contributed by atoms with E-state index in [1.54, 1.807) is 0 Å². The van der Waals surface area contributed by atoms with Crippen LogP contribution in [0.2, 0.25) is 0 Å². The summed E-state index contributed by atoms with van der Waals surface area (Å²) in [5.41, 5.74) is 11.3. The molecule has 1 saturated carbocycles. The van der Waals surface area contributed by atoms with Crippen molar-refractivity contribution in [2.75, 3.05) is 13.1 Å². The molecule has 4 heteroatoms. The molecule has 4 nitrogen and oxygen atoms in total. The fourth-order valence-electron chi connectivity index (χ4n) is 2.33. The maximum Gasteiger partial charge on any atom is 0.235 e. The molecule has 0 aromatic rings. The number of rotatable bonds is 5. The number of hydrogen-bond donors (Lipinski definition) is 3. The lowest BCUT2D eigenvalue weighted by atomic mass is 10.0. The molecule has 0 saturated heterocycles. The Morgan fingerprint density at radius 1 is 1.33 bits per heavy atom. The summed E-state index contributed by atoms with van der Waals surface area (Å²) >= 11 is 0. The van der Waals surface area contributed by atoms with Gasteiger partial charge in [0.05, 0.1) is 6.04 Å². The molecule has 15 heavy (non-hydrogen) atoms. The number of primary amides is 1. The van der Waals surface area contributed by atoms with Gasteiger partial charge in [0, 0.05) is 6.54 Å². The van der Waals surface area contributed by atoms with Gasteiger partial charge < -0.3 is 16.8 Å². The number of hydrogen-bond acceptors (Lipinski definition) is 3. The van der Waals surface area contributed by atoms with E-state index in [1.165, 1.54) is 0 Å². The monoisotopic (exact) mass is 213 g/mol. The van der Waals surface area contributed by atoms with Gasteiger partial charge in [-0.05, 0) is 23.3 Å². The molecule has 1 amide bonds. The van der Waals surface area contributed by atoms with Crippen LogP contribution in [0.25, 0.3) is 0 Å². The Morgan fingerprint density at radius 2 is 1.80 bits per heavy atom. The van der Waals surface area contributed by atoms with Crippen LogP contribution in [-0.2, 0) is 4.79 Å². The van der Waals surface area contributed by atoms with Gasteiger partial charge in [-0.1, -0.05) is 27.7 Å². The summed E-state index contributed by atoms with van der Waals surface area (Å²) in [7, 11) is 0.